The molecule has 1 N–H and O–H groups in total. The number of hydrogen-bond donors (Lipinski definition) is 1. The summed E-state index contributed by atoms with van der Waals surface area (Å²) in [4.78, 5) is 22.8. The maximum absolute atomic E-state index is 11.4. The zero-order chi connectivity index (χ0) is 15.5. The third-order valence-corrected chi connectivity index (χ3v) is 2.65. The number of carbonyl (C=O) groups excluding carboxylic acids is 2. The van der Waals surface area contributed by atoms with Crippen molar-refractivity contribution in [1.29, 1.82) is 0 Å². The van der Waals surface area contributed by atoms with Crippen molar-refractivity contribution in [1.82, 2.24) is 5.32 Å². The third kappa shape index (κ3) is 7.14. The predicted octanol–water partition coefficient (Wildman–Crippen LogP) is 3.32. The van der Waals surface area contributed by atoms with Gasteiger partial charge in [-0.25, -0.2) is 4.79 Å². The van der Waals surface area contributed by atoms with Gasteiger partial charge in [0.2, 0.25) is 0 Å². The Morgan fingerprint density at radius 3 is 2.55 bits per heavy atom. The fraction of sp³-hybridized carbons (Fsp3) is 0.467. The molecule has 0 aliphatic heterocycles. The summed E-state index contributed by atoms with van der Waals surface area (Å²) in [5.74, 6) is -1.60. The lowest BCUT2D eigenvalue weighted by Crippen LogP contribution is -2.33. The van der Waals surface area contributed by atoms with E-state index in [9.17, 15) is 9.59 Å². The molecule has 20 heavy (non-hydrogen) atoms. The van der Waals surface area contributed by atoms with Crippen LogP contribution in [0.2, 0.25) is 5.02 Å². The second-order valence-corrected chi connectivity index (χ2v) is 4.37. The smallest absolute Gasteiger partial charge is 0.397 e. The van der Waals surface area contributed by atoms with Gasteiger partial charge in [0, 0.05) is 11.6 Å². The summed E-state index contributed by atoms with van der Waals surface area (Å²) in [5.41, 5.74) is 0.826. The molecule has 1 aromatic carbocycles. The fourth-order valence-corrected chi connectivity index (χ4v) is 1.43. The van der Waals surface area contributed by atoms with E-state index < -0.39 is 11.9 Å². The van der Waals surface area contributed by atoms with Gasteiger partial charge in [0.1, 0.15) is 0 Å². The Labute approximate surface area is 125 Å². The molecule has 0 aromatic heterocycles. The summed E-state index contributed by atoms with van der Waals surface area (Å²) in [6.45, 7) is 7.86. The number of esters is 1. The number of amides is 1. The van der Waals surface area contributed by atoms with Crippen LogP contribution >= 0.6 is 11.6 Å². The van der Waals surface area contributed by atoms with Gasteiger partial charge in [0.05, 0.1) is 6.10 Å². The van der Waals surface area contributed by atoms with Crippen LogP contribution in [0.5, 0.6) is 0 Å². The Balaban J connectivity index is 0.00000172. The van der Waals surface area contributed by atoms with Crippen molar-refractivity contribution in [3.05, 3.63) is 34.9 Å². The summed E-state index contributed by atoms with van der Waals surface area (Å²) in [5, 5.41) is 3.07. The zero-order valence-corrected chi connectivity index (χ0v) is 13.2. The number of rotatable bonds is 4. The number of halogens is 1. The second-order valence-electron chi connectivity index (χ2n) is 3.94. The molecule has 0 bridgehead atoms. The lowest BCUT2D eigenvalue weighted by Gasteiger charge is -2.10. The molecule has 5 heteroatoms. The van der Waals surface area contributed by atoms with Gasteiger partial charge >= 0.3 is 11.9 Å². The van der Waals surface area contributed by atoms with Crippen molar-refractivity contribution >= 4 is 23.5 Å². The first-order valence-electron chi connectivity index (χ1n) is 6.76. The largest absolute Gasteiger partial charge is 0.456 e. The van der Waals surface area contributed by atoms with E-state index >= 15 is 0 Å². The Bertz CT molecular complexity index is 435. The van der Waals surface area contributed by atoms with Gasteiger partial charge in [0.15, 0.2) is 0 Å². The van der Waals surface area contributed by atoms with Crippen molar-refractivity contribution in [2.45, 2.75) is 46.8 Å². The highest BCUT2D eigenvalue weighted by Crippen LogP contribution is 2.10. The molecule has 0 spiro atoms. The number of benzene rings is 1. The fourth-order valence-electron chi connectivity index (χ4n) is 1.22. The van der Waals surface area contributed by atoms with Crippen LogP contribution in [-0.2, 0) is 20.9 Å². The topological polar surface area (TPSA) is 55.4 Å². The second kappa shape index (κ2) is 10.3. The summed E-state index contributed by atoms with van der Waals surface area (Å²) >= 11 is 5.81. The van der Waals surface area contributed by atoms with Crippen LogP contribution in [0.4, 0.5) is 0 Å². The lowest BCUT2D eigenvalue weighted by atomic mass is 10.2. The number of ether oxygens (including phenoxy) is 1. The van der Waals surface area contributed by atoms with Crippen molar-refractivity contribution in [2.24, 2.45) is 0 Å². The van der Waals surface area contributed by atoms with E-state index in [4.69, 9.17) is 16.3 Å². The quantitative estimate of drug-likeness (QED) is 0.685. The molecule has 112 valence electrons. The van der Waals surface area contributed by atoms with Crippen molar-refractivity contribution in [3.63, 3.8) is 0 Å². The summed E-state index contributed by atoms with van der Waals surface area (Å²) in [7, 11) is 0. The van der Waals surface area contributed by atoms with Crippen LogP contribution in [0.25, 0.3) is 0 Å². The van der Waals surface area contributed by atoms with Crippen LogP contribution < -0.4 is 5.32 Å². The molecule has 0 radical (unpaired) electrons. The molecule has 1 atom stereocenters. The van der Waals surface area contributed by atoms with Gasteiger partial charge in [-0.1, -0.05) is 44.5 Å². The zero-order valence-electron chi connectivity index (χ0n) is 12.4. The summed E-state index contributed by atoms with van der Waals surface area (Å²) in [6, 6.07) is 7.05. The van der Waals surface area contributed by atoms with Gasteiger partial charge < -0.3 is 10.1 Å². The van der Waals surface area contributed by atoms with Gasteiger partial charge in [-0.3, -0.25) is 4.79 Å². The molecule has 4 nitrogen and oxygen atoms in total. The van der Waals surface area contributed by atoms with Gasteiger partial charge in [-0.15, -0.1) is 0 Å². The van der Waals surface area contributed by atoms with E-state index in [1.54, 1.807) is 25.1 Å². The summed E-state index contributed by atoms with van der Waals surface area (Å²) in [6.07, 6.45) is 0.419. The van der Waals surface area contributed by atoms with Crippen molar-refractivity contribution in [2.75, 3.05) is 0 Å². The molecule has 0 heterocycles. The minimum Gasteiger partial charge on any atom is -0.456 e. The standard InChI is InChI=1S/C13H16ClNO3.C2H6/c1-3-9(2)18-13(17)12(16)15-8-10-5-4-6-11(14)7-10;1-2/h4-7,9H,3,8H2,1-2H3,(H,15,16);1-2H3. The highest BCUT2D eigenvalue weighted by atomic mass is 35.5. The Morgan fingerprint density at radius 2 is 2.00 bits per heavy atom. The third-order valence-electron chi connectivity index (χ3n) is 2.41. The lowest BCUT2D eigenvalue weighted by molar-refractivity contribution is -0.158. The molecule has 1 rings (SSSR count). The molecule has 0 aliphatic rings. The number of carbonyl (C=O) groups is 2. The molecule has 0 saturated heterocycles. The first-order chi connectivity index (χ1) is 9.52. The predicted molar refractivity (Wildman–Crippen MR) is 80.5 cm³/mol. The van der Waals surface area contributed by atoms with E-state index in [0.717, 1.165) is 5.56 Å². The molecule has 1 amide bonds. The molecule has 0 aliphatic carbocycles. The molecule has 1 aromatic rings. The van der Waals surface area contributed by atoms with E-state index in [2.05, 4.69) is 5.32 Å². The van der Waals surface area contributed by atoms with E-state index in [-0.39, 0.29) is 12.6 Å². The molecular formula is C15H22ClNO3. The maximum atomic E-state index is 11.4. The minimum absolute atomic E-state index is 0.245. The van der Waals surface area contributed by atoms with Crippen LogP contribution in [-0.4, -0.2) is 18.0 Å². The summed E-state index contributed by atoms with van der Waals surface area (Å²) < 4.78 is 4.90. The Kier molecular flexibility index (Phi) is 9.47. The van der Waals surface area contributed by atoms with E-state index in [0.29, 0.717) is 11.4 Å². The maximum Gasteiger partial charge on any atom is 0.397 e. The minimum atomic E-state index is -0.855. The van der Waals surface area contributed by atoms with Gasteiger partial charge in [-0.05, 0) is 31.0 Å². The number of nitrogens with one attached hydrogen (secondary N) is 1. The average Bonchev–Trinajstić information content (AvgIpc) is 2.46. The average molecular weight is 300 g/mol. The highest BCUT2D eigenvalue weighted by molar-refractivity contribution is 6.32. The first-order valence-corrected chi connectivity index (χ1v) is 7.14. The molecular weight excluding hydrogens is 278 g/mol. The van der Waals surface area contributed by atoms with Crippen LogP contribution in [0.3, 0.4) is 0 Å². The normalized spacial score (nSPS) is 10.8. The van der Waals surface area contributed by atoms with Crippen LogP contribution in [0.15, 0.2) is 24.3 Å². The van der Waals surface area contributed by atoms with Crippen molar-refractivity contribution in [3.8, 4) is 0 Å². The first kappa shape index (κ1) is 18.4. The molecule has 0 saturated carbocycles. The highest BCUT2D eigenvalue weighted by Gasteiger charge is 2.17. The van der Waals surface area contributed by atoms with Crippen molar-refractivity contribution < 1.29 is 14.3 Å². The SMILES string of the molecule is CC.CCC(C)OC(=O)C(=O)NCc1cccc(Cl)c1. The van der Waals surface area contributed by atoms with Crippen LogP contribution in [0.1, 0.15) is 39.7 Å². The molecule has 0 fully saturated rings. The van der Waals surface area contributed by atoms with Gasteiger partial charge in [-0.2, -0.15) is 0 Å². The monoisotopic (exact) mass is 299 g/mol. The van der Waals surface area contributed by atoms with Crippen LogP contribution in [0, 0.1) is 0 Å². The Hall–Kier alpha value is -1.55. The number of hydrogen-bond acceptors (Lipinski definition) is 3. The van der Waals surface area contributed by atoms with E-state index in [1.807, 2.05) is 26.8 Å². The van der Waals surface area contributed by atoms with Gasteiger partial charge in [0.25, 0.3) is 0 Å². The molecule has 1 unspecified atom stereocenters. The Morgan fingerprint density at radius 1 is 1.35 bits per heavy atom. The van der Waals surface area contributed by atoms with E-state index in [1.165, 1.54) is 0 Å².